The summed E-state index contributed by atoms with van der Waals surface area (Å²) in [5.41, 5.74) is 0.215. The Morgan fingerprint density at radius 3 is 2.76 bits per heavy atom. The van der Waals surface area contributed by atoms with Gasteiger partial charge in [-0.1, -0.05) is 11.6 Å². The second-order valence-electron chi connectivity index (χ2n) is 3.71. The molecule has 0 amide bonds. The highest BCUT2D eigenvalue weighted by molar-refractivity contribution is 6.34. The Morgan fingerprint density at radius 2 is 2.12 bits per heavy atom. The van der Waals surface area contributed by atoms with Crippen molar-refractivity contribution >= 4 is 17.6 Å². The van der Waals surface area contributed by atoms with Crippen LogP contribution in [0.3, 0.4) is 0 Å². The third-order valence-corrected chi connectivity index (χ3v) is 2.97. The zero-order chi connectivity index (χ0) is 12.6. The highest BCUT2D eigenvalue weighted by Crippen LogP contribution is 2.46. The van der Waals surface area contributed by atoms with Crippen molar-refractivity contribution in [3.8, 4) is 17.2 Å². The van der Waals surface area contributed by atoms with Gasteiger partial charge in [0.15, 0.2) is 11.5 Å². The Bertz CT molecular complexity index is 471. The van der Waals surface area contributed by atoms with E-state index in [0.717, 1.165) is 0 Å². The van der Waals surface area contributed by atoms with Crippen molar-refractivity contribution in [1.29, 1.82) is 0 Å². The lowest BCUT2D eigenvalue weighted by Crippen LogP contribution is -2.17. The largest absolute Gasteiger partial charge is 0.506 e. The van der Waals surface area contributed by atoms with Crippen LogP contribution in [0.5, 0.6) is 17.2 Å². The summed E-state index contributed by atoms with van der Waals surface area (Å²) < 4.78 is 10.6. The smallest absolute Gasteiger partial charge is 0.310 e. The topological polar surface area (TPSA) is 76.0 Å². The number of fused-ring (bicyclic) bond motifs is 1. The maximum absolute atomic E-state index is 10.9. The second kappa shape index (κ2) is 4.33. The summed E-state index contributed by atoms with van der Waals surface area (Å²) in [7, 11) is 0. The quantitative estimate of drug-likeness (QED) is 0.849. The van der Waals surface area contributed by atoms with Crippen molar-refractivity contribution in [2.45, 2.75) is 12.8 Å². The third-order valence-electron chi connectivity index (χ3n) is 2.62. The number of phenolic OH excluding ortho intramolecular Hbond substituents is 1. The predicted molar refractivity (Wildman–Crippen MR) is 60.2 cm³/mol. The Balaban J connectivity index is 2.55. The fourth-order valence-electron chi connectivity index (χ4n) is 1.62. The van der Waals surface area contributed by atoms with Gasteiger partial charge in [0.2, 0.25) is 0 Å². The van der Waals surface area contributed by atoms with E-state index in [2.05, 4.69) is 0 Å². The van der Waals surface area contributed by atoms with E-state index in [4.69, 9.17) is 26.2 Å². The van der Waals surface area contributed by atoms with Crippen LogP contribution in [-0.2, 0) is 4.79 Å². The number of halogens is 1. The molecule has 0 fully saturated rings. The van der Waals surface area contributed by atoms with E-state index in [-0.39, 0.29) is 22.1 Å². The van der Waals surface area contributed by atoms with Gasteiger partial charge in [-0.2, -0.15) is 0 Å². The van der Waals surface area contributed by atoms with Gasteiger partial charge in [0.1, 0.15) is 24.0 Å². The number of phenols is 1. The molecule has 0 aliphatic carbocycles. The lowest BCUT2D eigenvalue weighted by molar-refractivity contribution is -0.138. The Kier molecular flexibility index (Phi) is 3.02. The van der Waals surface area contributed by atoms with Crippen LogP contribution in [0, 0.1) is 0 Å². The number of hydrogen-bond donors (Lipinski definition) is 2. The fourth-order valence-corrected chi connectivity index (χ4v) is 1.87. The van der Waals surface area contributed by atoms with Gasteiger partial charge in [-0.15, -0.1) is 0 Å². The first-order chi connectivity index (χ1) is 8.02. The molecular weight excluding hydrogens is 248 g/mol. The van der Waals surface area contributed by atoms with Crippen molar-refractivity contribution in [3.05, 3.63) is 16.7 Å². The zero-order valence-electron chi connectivity index (χ0n) is 9.07. The highest BCUT2D eigenvalue weighted by atomic mass is 35.5. The molecule has 2 N–H and O–H groups in total. The van der Waals surface area contributed by atoms with Crippen LogP contribution in [0.4, 0.5) is 0 Å². The van der Waals surface area contributed by atoms with Crippen molar-refractivity contribution in [2.24, 2.45) is 0 Å². The summed E-state index contributed by atoms with van der Waals surface area (Å²) in [5, 5.41) is 18.8. The fraction of sp³-hybridized carbons (Fsp3) is 0.364. The Labute approximate surface area is 103 Å². The van der Waals surface area contributed by atoms with Crippen LogP contribution in [0.1, 0.15) is 18.4 Å². The first-order valence-corrected chi connectivity index (χ1v) is 5.44. The zero-order valence-corrected chi connectivity index (χ0v) is 9.82. The van der Waals surface area contributed by atoms with E-state index in [9.17, 15) is 9.90 Å². The lowest BCUT2D eigenvalue weighted by Gasteiger charge is -2.22. The van der Waals surface area contributed by atoms with E-state index >= 15 is 0 Å². The van der Waals surface area contributed by atoms with Crippen LogP contribution in [-0.4, -0.2) is 29.4 Å². The number of hydrogen-bond acceptors (Lipinski definition) is 4. The van der Waals surface area contributed by atoms with Crippen LogP contribution in [0.25, 0.3) is 0 Å². The summed E-state index contributed by atoms with van der Waals surface area (Å²) in [6.07, 6.45) is 0. The molecule has 1 aromatic carbocycles. The molecule has 1 heterocycles. The second-order valence-corrected chi connectivity index (χ2v) is 4.09. The minimum Gasteiger partial charge on any atom is -0.506 e. The SMILES string of the molecule is CC(C(=O)O)c1cc2c(c(Cl)c1O)OCCO2. The average molecular weight is 259 g/mol. The Hall–Kier alpha value is -1.62. The maximum Gasteiger partial charge on any atom is 0.310 e. The number of benzene rings is 1. The number of aromatic hydroxyl groups is 1. The molecule has 1 aliphatic rings. The van der Waals surface area contributed by atoms with Crippen LogP contribution in [0.15, 0.2) is 6.07 Å². The molecule has 0 radical (unpaired) electrons. The summed E-state index contributed by atoms with van der Waals surface area (Å²) >= 11 is 5.92. The summed E-state index contributed by atoms with van der Waals surface area (Å²) in [5.74, 6) is -1.57. The van der Waals surface area contributed by atoms with Crippen molar-refractivity contribution < 1.29 is 24.5 Å². The normalized spacial score (nSPS) is 15.4. The van der Waals surface area contributed by atoms with Crippen molar-refractivity contribution in [2.75, 3.05) is 13.2 Å². The molecule has 1 atom stereocenters. The van der Waals surface area contributed by atoms with Crippen molar-refractivity contribution in [3.63, 3.8) is 0 Å². The molecule has 1 aromatic rings. The van der Waals surface area contributed by atoms with Crippen LogP contribution >= 0.6 is 11.6 Å². The van der Waals surface area contributed by atoms with Gasteiger partial charge in [0, 0.05) is 5.56 Å². The number of carboxylic acids is 1. The van der Waals surface area contributed by atoms with Crippen LogP contribution in [0.2, 0.25) is 5.02 Å². The molecular formula is C11H11ClO5. The molecule has 0 saturated heterocycles. The number of ether oxygens (including phenoxy) is 2. The number of carboxylic acid groups (broad SMARTS) is 1. The average Bonchev–Trinajstić information content (AvgIpc) is 2.33. The molecule has 0 spiro atoms. The maximum atomic E-state index is 10.9. The predicted octanol–water partition coefficient (Wildman–Crippen LogP) is 2.00. The van der Waals surface area contributed by atoms with Gasteiger partial charge in [0.05, 0.1) is 5.92 Å². The summed E-state index contributed by atoms with van der Waals surface area (Å²) in [6, 6.07) is 1.45. The van der Waals surface area contributed by atoms with Gasteiger partial charge in [0.25, 0.3) is 0 Å². The Morgan fingerprint density at radius 1 is 1.47 bits per heavy atom. The monoisotopic (exact) mass is 258 g/mol. The molecule has 0 aromatic heterocycles. The van der Waals surface area contributed by atoms with E-state index in [1.165, 1.54) is 13.0 Å². The van der Waals surface area contributed by atoms with E-state index < -0.39 is 11.9 Å². The standard InChI is InChI=1S/C11H11ClO5/c1-5(11(14)15)6-4-7-10(8(12)9(6)13)17-3-2-16-7/h4-5,13H,2-3H2,1H3,(H,14,15). The van der Waals surface area contributed by atoms with E-state index in [1.54, 1.807) is 0 Å². The van der Waals surface area contributed by atoms with Gasteiger partial charge >= 0.3 is 5.97 Å². The molecule has 17 heavy (non-hydrogen) atoms. The lowest BCUT2D eigenvalue weighted by atomic mass is 9.99. The minimum absolute atomic E-state index is 0.00898. The molecule has 5 nitrogen and oxygen atoms in total. The summed E-state index contributed by atoms with van der Waals surface area (Å²) in [4.78, 5) is 10.9. The molecule has 6 heteroatoms. The molecule has 0 saturated carbocycles. The van der Waals surface area contributed by atoms with Crippen LogP contribution < -0.4 is 9.47 Å². The number of carbonyl (C=O) groups is 1. The third kappa shape index (κ3) is 1.98. The van der Waals surface area contributed by atoms with Gasteiger partial charge in [-0.05, 0) is 13.0 Å². The van der Waals surface area contributed by atoms with Crippen molar-refractivity contribution in [1.82, 2.24) is 0 Å². The summed E-state index contributed by atoms with van der Waals surface area (Å²) in [6.45, 7) is 2.18. The molecule has 1 aliphatic heterocycles. The van der Waals surface area contributed by atoms with Gasteiger partial charge in [-0.3, -0.25) is 4.79 Å². The van der Waals surface area contributed by atoms with E-state index in [1.807, 2.05) is 0 Å². The van der Waals surface area contributed by atoms with Gasteiger partial charge < -0.3 is 19.7 Å². The first kappa shape index (κ1) is 11.9. The van der Waals surface area contributed by atoms with Gasteiger partial charge in [-0.25, -0.2) is 0 Å². The first-order valence-electron chi connectivity index (χ1n) is 5.06. The molecule has 92 valence electrons. The number of rotatable bonds is 2. The highest BCUT2D eigenvalue weighted by Gasteiger charge is 2.26. The number of aliphatic carboxylic acids is 1. The molecule has 2 rings (SSSR count). The molecule has 1 unspecified atom stereocenters. The van der Waals surface area contributed by atoms with E-state index in [0.29, 0.717) is 19.0 Å². The minimum atomic E-state index is -1.05. The molecule has 0 bridgehead atoms.